The van der Waals surface area contributed by atoms with Crippen molar-refractivity contribution in [2.45, 2.75) is 26.3 Å². The normalized spacial score (nSPS) is 10.9. The van der Waals surface area contributed by atoms with E-state index in [1.165, 1.54) is 5.56 Å². The van der Waals surface area contributed by atoms with Gasteiger partial charge in [0.25, 0.3) is 0 Å². The average Bonchev–Trinajstić information content (AvgIpc) is 2.98. The first-order chi connectivity index (χ1) is 11.6. The maximum atomic E-state index is 12.0. The van der Waals surface area contributed by atoms with E-state index in [2.05, 4.69) is 23.4 Å². The van der Waals surface area contributed by atoms with Gasteiger partial charge in [-0.15, -0.1) is 0 Å². The molecule has 4 nitrogen and oxygen atoms in total. The molecular weight excluding hydrogens is 322 g/mol. The third-order valence-corrected chi connectivity index (χ3v) is 4.32. The number of fused-ring (bicyclic) bond motifs is 1. The SMILES string of the molecule is Cc1cccc2c1cnn2CCC(=O)NCCc1cccc(Cl)c1. The number of carbonyl (C=O) groups is 1. The van der Waals surface area contributed by atoms with Crippen molar-refractivity contribution >= 4 is 28.4 Å². The van der Waals surface area contributed by atoms with Crippen LogP contribution in [0.15, 0.2) is 48.7 Å². The van der Waals surface area contributed by atoms with E-state index >= 15 is 0 Å². The molecule has 0 aliphatic carbocycles. The molecule has 0 saturated carbocycles. The highest BCUT2D eigenvalue weighted by Gasteiger charge is 2.07. The number of benzene rings is 2. The van der Waals surface area contributed by atoms with Crippen molar-refractivity contribution in [3.63, 3.8) is 0 Å². The number of amides is 1. The molecule has 0 aliphatic rings. The molecule has 124 valence electrons. The lowest BCUT2D eigenvalue weighted by molar-refractivity contribution is -0.121. The van der Waals surface area contributed by atoms with Gasteiger partial charge in [-0.05, 0) is 42.7 Å². The third kappa shape index (κ3) is 3.95. The molecule has 0 bridgehead atoms. The number of hydrogen-bond acceptors (Lipinski definition) is 2. The van der Waals surface area contributed by atoms with Gasteiger partial charge in [0.2, 0.25) is 5.91 Å². The second kappa shape index (κ2) is 7.49. The third-order valence-electron chi connectivity index (χ3n) is 4.08. The molecule has 1 aromatic heterocycles. The van der Waals surface area contributed by atoms with Crippen molar-refractivity contribution in [3.8, 4) is 0 Å². The van der Waals surface area contributed by atoms with Gasteiger partial charge in [0.15, 0.2) is 0 Å². The molecule has 2 aromatic carbocycles. The van der Waals surface area contributed by atoms with Crippen molar-refractivity contribution < 1.29 is 4.79 Å². The van der Waals surface area contributed by atoms with Gasteiger partial charge in [0, 0.05) is 23.4 Å². The maximum absolute atomic E-state index is 12.0. The van der Waals surface area contributed by atoms with Crippen LogP contribution in [0.4, 0.5) is 0 Å². The van der Waals surface area contributed by atoms with E-state index in [0.29, 0.717) is 19.5 Å². The summed E-state index contributed by atoms with van der Waals surface area (Å²) in [5, 5.41) is 9.20. The number of aryl methyl sites for hydroxylation is 2. The van der Waals surface area contributed by atoms with Crippen LogP contribution in [0.1, 0.15) is 17.5 Å². The van der Waals surface area contributed by atoms with Gasteiger partial charge in [-0.25, -0.2) is 0 Å². The molecule has 0 unspecified atom stereocenters. The van der Waals surface area contributed by atoms with Crippen LogP contribution in [-0.4, -0.2) is 22.2 Å². The molecule has 0 fully saturated rings. The average molecular weight is 342 g/mol. The predicted molar refractivity (Wildman–Crippen MR) is 97.3 cm³/mol. The van der Waals surface area contributed by atoms with Gasteiger partial charge in [-0.3, -0.25) is 9.48 Å². The summed E-state index contributed by atoms with van der Waals surface area (Å²) in [7, 11) is 0. The summed E-state index contributed by atoms with van der Waals surface area (Å²) >= 11 is 5.95. The van der Waals surface area contributed by atoms with Crippen molar-refractivity contribution in [1.82, 2.24) is 15.1 Å². The van der Waals surface area contributed by atoms with Crippen LogP contribution in [0.3, 0.4) is 0 Å². The fourth-order valence-corrected chi connectivity index (χ4v) is 2.97. The number of halogens is 1. The maximum Gasteiger partial charge on any atom is 0.221 e. The highest BCUT2D eigenvalue weighted by Crippen LogP contribution is 2.17. The first kappa shape index (κ1) is 16.5. The van der Waals surface area contributed by atoms with Gasteiger partial charge in [0.1, 0.15) is 0 Å². The summed E-state index contributed by atoms with van der Waals surface area (Å²) in [5.74, 6) is 0.0355. The molecule has 1 N–H and O–H groups in total. The topological polar surface area (TPSA) is 46.9 Å². The fraction of sp³-hybridized carbons (Fsp3) is 0.263. The number of nitrogens with one attached hydrogen (secondary N) is 1. The first-order valence-corrected chi connectivity index (χ1v) is 8.43. The molecule has 0 spiro atoms. The Morgan fingerprint density at radius 1 is 1.25 bits per heavy atom. The summed E-state index contributed by atoms with van der Waals surface area (Å²) in [6.07, 6.45) is 3.05. The molecule has 3 aromatic rings. The molecule has 0 aliphatic heterocycles. The van der Waals surface area contributed by atoms with Gasteiger partial charge in [0.05, 0.1) is 18.3 Å². The van der Waals surface area contributed by atoms with Crippen LogP contribution in [-0.2, 0) is 17.8 Å². The predicted octanol–water partition coefficient (Wildman–Crippen LogP) is 3.75. The van der Waals surface area contributed by atoms with Gasteiger partial charge in [-0.1, -0.05) is 35.9 Å². The van der Waals surface area contributed by atoms with E-state index in [-0.39, 0.29) is 5.91 Å². The van der Waals surface area contributed by atoms with Crippen LogP contribution in [0.5, 0.6) is 0 Å². The summed E-state index contributed by atoms with van der Waals surface area (Å²) in [6.45, 7) is 3.25. The Bertz CT molecular complexity index is 857. The van der Waals surface area contributed by atoms with Gasteiger partial charge < -0.3 is 5.32 Å². The van der Waals surface area contributed by atoms with E-state index < -0.39 is 0 Å². The highest BCUT2D eigenvalue weighted by atomic mass is 35.5. The number of aromatic nitrogens is 2. The zero-order chi connectivity index (χ0) is 16.9. The molecule has 24 heavy (non-hydrogen) atoms. The minimum Gasteiger partial charge on any atom is -0.356 e. The minimum atomic E-state index is 0.0355. The second-order valence-electron chi connectivity index (χ2n) is 5.86. The quantitative estimate of drug-likeness (QED) is 0.742. The summed E-state index contributed by atoms with van der Waals surface area (Å²) < 4.78 is 1.89. The van der Waals surface area contributed by atoms with Crippen LogP contribution in [0, 0.1) is 6.92 Å². The largest absolute Gasteiger partial charge is 0.356 e. The van der Waals surface area contributed by atoms with Crippen LogP contribution < -0.4 is 5.32 Å². The molecule has 0 radical (unpaired) electrons. The number of hydrogen-bond donors (Lipinski definition) is 1. The van der Waals surface area contributed by atoms with Crippen molar-refractivity contribution in [2.24, 2.45) is 0 Å². The Morgan fingerprint density at radius 3 is 2.92 bits per heavy atom. The molecule has 1 heterocycles. The molecule has 5 heteroatoms. The van der Waals surface area contributed by atoms with E-state index in [4.69, 9.17) is 11.6 Å². The molecule has 0 atom stereocenters. The van der Waals surface area contributed by atoms with Crippen LogP contribution in [0.25, 0.3) is 10.9 Å². The second-order valence-corrected chi connectivity index (χ2v) is 6.29. The molecule has 3 rings (SSSR count). The lowest BCUT2D eigenvalue weighted by Gasteiger charge is -2.07. The Kier molecular flexibility index (Phi) is 5.16. The number of nitrogens with zero attached hydrogens (tertiary/aromatic N) is 2. The zero-order valence-electron chi connectivity index (χ0n) is 13.6. The van der Waals surface area contributed by atoms with Crippen LogP contribution >= 0.6 is 11.6 Å². The lowest BCUT2D eigenvalue weighted by Crippen LogP contribution is -2.26. The summed E-state index contributed by atoms with van der Waals surface area (Å²) in [4.78, 5) is 12.0. The molecule has 0 saturated heterocycles. The zero-order valence-corrected chi connectivity index (χ0v) is 14.4. The van der Waals surface area contributed by atoms with Gasteiger partial charge >= 0.3 is 0 Å². The van der Waals surface area contributed by atoms with Crippen LogP contribution in [0.2, 0.25) is 5.02 Å². The Labute approximate surface area is 146 Å². The standard InChI is InChI=1S/C19H20ClN3O/c1-14-4-2-7-18-17(14)13-22-23(18)11-9-19(24)21-10-8-15-5-3-6-16(20)12-15/h2-7,12-13H,8-11H2,1H3,(H,21,24). The minimum absolute atomic E-state index is 0.0355. The Balaban J connectivity index is 1.49. The summed E-state index contributed by atoms with van der Waals surface area (Å²) in [5.41, 5.74) is 3.39. The lowest BCUT2D eigenvalue weighted by atomic mass is 10.1. The molecule has 1 amide bonds. The molecular formula is C19H20ClN3O. The number of carbonyl (C=O) groups excluding carboxylic acids is 1. The Morgan fingerprint density at radius 2 is 2.08 bits per heavy atom. The van der Waals surface area contributed by atoms with Gasteiger partial charge in [-0.2, -0.15) is 5.10 Å². The van der Waals surface area contributed by atoms with Crippen molar-refractivity contribution in [1.29, 1.82) is 0 Å². The fourth-order valence-electron chi connectivity index (χ4n) is 2.76. The van der Waals surface area contributed by atoms with Crippen molar-refractivity contribution in [2.75, 3.05) is 6.54 Å². The monoisotopic (exact) mass is 341 g/mol. The van der Waals surface area contributed by atoms with E-state index in [1.54, 1.807) is 0 Å². The van der Waals surface area contributed by atoms with E-state index in [0.717, 1.165) is 27.9 Å². The Hall–Kier alpha value is -2.33. The summed E-state index contributed by atoms with van der Waals surface area (Å²) in [6, 6.07) is 13.8. The van der Waals surface area contributed by atoms with E-state index in [1.807, 2.05) is 47.3 Å². The van der Waals surface area contributed by atoms with Crippen molar-refractivity contribution in [3.05, 3.63) is 64.8 Å². The number of rotatable bonds is 6. The van der Waals surface area contributed by atoms with E-state index in [9.17, 15) is 4.79 Å². The first-order valence-electron chi connectivity index (χ1n) is 8.06. The highest BCUT2D eigenvalue weighted by molar-refractivity contribution is 6.30. The smallest absolute Gasteiger partial charge is 0.221 e.